The molecular formula is C12H17FO2. The number of rotatable bonds is 5. The van der Waals surface area contributed by atoms with E-state index in [4.69, 9.17) is 4.74 Å². The van der Waals surface area contributed by atoms with Gasteiger partial charge in [0.2, 0.25) is 0 Å². The molecule has 84 valence electrons. The van der Waals surface area contributed by atoms with E-state index in [1.807, 2.05) is 13.8 Å². The van der Waals surface area contributed by atoms with E-state index in [2.05, 4.69) is 0 Å². The molecular weight excluding hydrogens is 195 g/mol. The van der Waals surface area contributed by atoms with Crippen molar-refractivity contribution >= 4 is 0 Å². The summed E-state index contributed by atoms with van der Waals surface area (Å²) in [5.41, 5.74) is -0.859. The second kappa shape index (κ2) is 5.12. The van der Waals surface area contributed by atoms with Gasteiger partial charge in [-0.2, -0.15) is 0 Å². The van der Waals surface area contributed by atoms with Crippen LogP contribution in [0.15, 0.2) is 24.3 Å². The number of ether oxygens (including phenoxy) is 1. The molecule has 0 heterocycles. The third-order valence-electron chi connectivity index (χ3n) is 2.65. The van der Waals surface area contributed by atoms with Crippen LogP contribution in [-0.4, -0.2) is 17.3 Å². The second-order valence-corrected chi connectivity index (χ2v) is 3.65. The van der Waals surface area contributed by atoms with E-state index in [9.17, 15) is 9.50 Å². The quantitative estimate of drug-likeness (QED) is 0.813. The van der Waals surface area contributed by atoms with E-state index in [0.717, 1.165) is 0 Å². The molecule has 0 amide bonds. The summed E-state index contributed by atoms with van der Waals surface area (Å²) in [6.45, 7) is 3.89. The Morgan fingerprint density at radius 3 is 2.40 bits per heavy atom. The Hall–Kier alpha value is -1.09. The molecule has 2 nitrogen and oxygen atoms in total. The number of hydrogen-bond acceptors (Lipinski definition) is 2. The predicted octanol–water partition coefficient (Wildman–Crippen LogP) is 2.76. The maximum absolute atomic E-state index is 13.2. The van der Waals surface area contributed by atoms with Crippen molar-refractivity contribution in [3.05, 3.63) is 30.1 Å². The first-order valence-corrected chi connectivity index (χ1v) is 5.21. The number of benzene rings is 1. The number of halogens is 1. The van der Waals surface area contributed by atoms with Gasteiger partial charge in [-0.05, 0) is 25.0 Å². The van der Waals surface area contributed by atoms with Crippen molar-refractivity contribution in [2.75, 3.05) is 6.61 Å². The van der Waals surface area contributed by atoms with Crippen molar-refractivity contribution in [3.63, 3.8) is 0 Å². The molecule has 0 saturated heterocycles. The lowest BCUT2D eigenvalue weighted by Gasteiger charge is -2.25. The van der Waals surface area contributed by atoms with Crippen LogP contribution in [0.4, 0.5) is 4.39 Å². The summed E-state index contributed by atoms with van der Waals surface area (Å²) in [6, 6.07) is 6.21. The van der Waals surface area contributed by atoms with Gasteiger partial charge in [0.05, 0.1) is 5.60 Å². The first kappa shape index (κ1) is 12.0. The van der Waals surface area contributed by atoms with Gasteiger partial charge < -0.3 is 9.84 Å². The standard InChI is InChI=1S/C12H17FO2/c1-3-12(14,4-2)9-15-11-8-6-5-7-10(11)13/h5-8,14H,3-4,9H2,1-2H3. The molecule has 1 aromatic carbocycles. The maximum Gasteiger partial charge on any atom is 0.165 e. The Bertz CT molecular complexity index is 308. The molecule has 0 fully saturated rings. The third-order valence-corrected chi connectivity index (χ3v) is 2.65. The van der Waals surface area contributed by atoms with Crippen LogP contribution in [-0.2, 0) is 0 Å². The predicted molar refractivity (Wildman–Crippen MR) is 57.4 cm³/mol. The molecule has 0 aliphatic heterocycles. The van der Waals surface area contributed by atoms with Crippen LogP contribution in [0.3, 0.4) is 0 Å². The van der Waals surface area contributed by atoms with Crippen molar-refractivity contribution < 1.29 is 14.2 Å². The van der Waals surface area contributed by atoms with Gasteiger partial charge in [-0.3, -0.25) is 0 Å². The molecule has 0 bridgehead atoms. The molecule has 0 aliphatic rings. The molecule has 0 saturated carbocycles. The van der Waals surface area contributed by atoms with E-state index >= 15 is 0 Å². The average Bonchev–Trinajstić information content (AvgIpc) is 2.28. The zero-order valence-electron chi connectivity index (χ0n) is 9.16. The zero-order valence-corrected chi connectivity index (χ0v) is 9.16. The smallest absolute Gasteiger partial charge is 0.165 e. The molecule has 0 spiro atoms. The molecule has 1 N–H and O–H groups in total. The van der Waals surface area contributed by atoms with Crippen molar-refractivity contribution in [2.45, 2.75) is 32.3 Å². The molecule has 3 heteroatoms. The average molecular weight is 212 g/mol. The number of aliphatic hydroxyl groups is 1. The fourth-order valence-electron chi connectivity index (χ4n) is 1.23. The largest absolute Gasteiger partial charge is 0.488 e. The lowest BCUT2D eigenvalue weighted by molar-refractivity contribution is -0.0123. The molecule has 0 radical (unpaired) electrons. The Morgan fingerprint density at radius 1 is 1.27 bits per heavy atom. The van der Waals surface area contributed by atoms with E-state index < -0.39 is 11.4 Å². The van der Waals surface area contributed by atoms with Crippen LogP contribution in [0.1, 0.15) is 26.7 Å². The van der Waals surface area contributed by atoms with Crippen molar-refractivity contribution in [2.24, 2.45) is 0 Å². The zero-order chi connectivity index (χ0) is 11.3. The molecule has 0 unspecified atom stereocenters. The summed E-state index contributed by atoms with van der Waals surface area (Å²) in [6.07, 6.45) is 1.19. The van der Waals surface area contributed by atoms with Gasteiger partial charge in [0.1, 0.15) is 6.61 Å². The molecule has 1 aromatic rings. The van der Waals surface area contributed by atoms with Crippen LogP contribution in [0.5, 0.6) is 5.75 Å². The van der Waals surface area contributed by atoms with Crippen molar-refractivity contribution in [1.82, 2.24) is 0 Å². The third kappa shape index (κ3) is 3.20. The Kier molecular flexibility index (Phi) is 4.09. The minimum Gasteiger partial charge on any atom is -0.488 e. The highest BCUT2D eigenvalue weighted by molar-refractivity contribution is 5.23. The Labute approximate surface area is 89.7 Å². The lowest BCUT2D eigenvalue weighted by atomic mass is 9.99. The lowest BCUT2D eigenvalue weighted by Crippen LogP contribution is -2.34. The second-order valence-electron chi connectivity index (χ2n) is 3.65. The molecule has 0 aliphatic carbocycles. The summed E-state index contributed by atoms with van der Waals surface area (Å²) in [5.74, 6) is -0.204. The fraction of sp³-hybridized carbons (Fsp3) is 0.500. The van der Waals surface area contributed by atoms with Crippen LogP contribution >= 0.6 is 0 Å². The van der Waals surface area contributed by atoms with E-state index in [1.54, 1.807) is 18.2 Å². The molecule has 15 heavy (non-hydrogen) atoms. The monoisotopic (exact) mass is 212 g/mol. The van der Waals surface area contributed by atoms with E-state index in [1.165, 1.54) is 6.07 Å². The molecule has 1 rings (SSSR count). The Balaban J connectivity index is 2.61. The van der Waals surface area contributed by atoms with Gasteiger partial charge in [0.15, 0.2) is 11.6 Å². The summed E-state index contributed by atoms with van der Waals surface area (Å²) < 4.78 is 18.4. The van der Waals surface area contributed by atoms with Gasteiger partial charge in [0.25, 0.3) is 0 Å². The fourth-order valence-corrected chi connectivity index (χ4v) is 1.23. The van der Waals surface area contributed by atoms with Crippen molar-refractivity contribution in [3.8, 4) is 5.75 Å². The van der Waals surface area contributed by atoms with Crippen LogP contribution in [0.25, 0.3) is 0 Å². The molecule has 0 atom stereocenters. The minimum absolute atomic E-state index is 0.126. The van der Waals surface area contributed by atoms with E-state index in [0.29, 0.717) is 12.8 Å². The van der Waals surface area contributed by atoms with E-state index in [-0.39, 0.29) is 12.4 Å². The maximum atomic E-state index is 13.2. The minimum atomic E-state index is -0.859. The number of para-hydroxylation sites is 1. The van der Waals surface area contributed by atoms with Crippen LogP contribution in [0, 0.1) is 5.82 Å². The van der Waals surface area contributed by atoms with Crippen LogP contribution in [0.2, 0.25) is 0 Å². The van der Waals surface area contributed by atoms with Gasteiger partial charge in [0, 0.05) is 0 Å². The highest BCUT2D eigenvalue weighted by Crippen LogP contribution is 2.20. The van der Waals surface area contributed by atoms with Gasteiger partial charge in [-0.25, -0.2) is 4.39 Å². The summed E-state index contributed by atoms with van der Waals surface area (Å²) in [7, 11) is 0. The highest BCUT2D eigenvalue weighted by Gasteiger charge is 2.23. The Morgan fingerprint density at radius 2 is 1.87 bits per heavy atom. The van der Waals surface area contributed by atoms with Crippen LogP contribution < -0.4 is 4.74 Å². The first-order chi connectivity index (χ1) is 7.11. The summed E-state index contributed by atoms with van der Waals surface area (Å²) in [4.78, 5) is 0. The van der Waals surface area contributed by atoms with Gasteiger partial charge in [-0.1, -0.05) is 26.0 Å². The van der Waals surface area contributed by atoms with Gasteiger partial charge in [-0.15, -0.1) is 0 Å². The topological polar surface area (TPSA) is 29.5 Å². The highest BCUT2D eigenvalue weighted by atomic mass is 19.1. The normalized spacial score (nSPS) is 11.5. The SMILES string of the molecule is CCC(O)(CC)COc1ccccc1F. The first-order valence-electron chi connectivity index (χ1n) is 5.21. The summed E-state index contributed by atoms with van der Waals surface area (Å²) >= 11 is 0. The number of hydrogen-bond donors (Lipinski definition) is 1. The molecule has 0 aromatic heterocycles. The van der Waals surface area contributed by atoms with Crippen molar-refractivity contribution in [1.29, 1.82) is 0 Å². The van der Waals surface area contributed by atoms with Gasteiger partial charge >= 0.3 is 0 Å². The summed E-state index contributed by atoms with van der Waals surface area (Å²) in [5, 5.41) is 9.93.